The molecule has 23 heavy (non-hydrogen) atoms. The van der Waals surface area contributed by atoms with Gasteiger partial charge >= 0.3 is 6.09 Å². The average Bonchev–Trinajstić information content (AvgIpc) is 2.95. The third-order valence-corrected chi connectivity index (χ3v) is 2.99. The number of amides is 3. The van der Waals surface area contributed by atoms with Crippen molar-refractivity contribution < 1.29 is 23.9 Å². The van der Waals surface area contributed by atoms with Gasteiger partial charge in [0.15, 0.2) is 0 Å². The van der Waals surface area contributed by atoms with Crippen LogP contribution < -0.4 is 16.0 Å². The molecule has 0 spiro atoms. The summed E-state index contributed by atoms with van der Waals surface area (Å²) in [5, 5.41) is 7.88. The van der Waals surface area contributed by atoms with Gasteiger partial charge in [-0.25, -0.2) is 4.79 Å². The molecule has 0 saturated carbocycles. The Kier molecular flexibility index (Phi) is 7.80. The standard InChI is InChI=1S/C15H27N3O5/c1-15(2,3)23-14(21)18-7-6-12(19)16-8-9-17-13(20)11-5-4-10-22-11/h11H,4-10H2,1-3H3,(H,16,19)(H,17,20)(H,18,21). The first kappa shape index (κ1) is 19.2. The third kappa shape index (κ3) is 9.02. The predicted molar refractivity (Wildman–Crippen MR) is 83.8 cm³/mol. The Morgan fingerprint density at radius 1 is 1.09 bits per heavy atom. The maximum atomic E-state index is 11.6. The highest BCUT2D eigenvalue weighted by Crippen LogP contribution is 2.11. The molecule has 3 amide bonds. The van der Waals surface area contributed by atoms with Crippen LogP contribution in [0.15, 0.2) is 0 Å². The highest BCUT2D eigenvalue weighted by atomic mass is 16.6. The molecule has 1 unspecified atom stereocenters. The minimum Gasteiger partial charge on any atom is -0.444 e. The minimum absolute atomic E-state index is 0.136. The lowest BCUT2D eigenvalue weighted by Gasteiger charge is -2.19. The van der Waals surface area contributed by atoms with Crippen molar-refractivity contribution in [2.24, 2.45) is 0 Å². The molecule has 0 aliphatic carbocycles. The molecule has 8 nitrogen and oxygen atoms in total. The molecule has 1 aliphatic heterocycles. The van der Waals surface area contributed by atoms with Gasteiger partial charge in [0.05, 0.1) is 0 Å². The quantitative estimate of drug-likeness (QED) is 0.583. The zero-order valence-electron chi connectivity index (χ0n) is 14.1. The molecule has 1 saturated heterocycles. The maximum absolute atomic E-state index is 11.6. The summed E-state index contributed by atoms with van der Waals surface area (Å²) in [5.41, 5.74) is -0.562. The molecule has 1 aliphatic rings. The molecule has 0 bridgehead atoms. The molecule has 0 aromatic rings. The van der Waals surface area contributed by atoms with Gasteiger partial charge in [0, 0.05) is 32.7 Å². The Morgan fingerprint density at radius 3 is 2.39 bits per heavy atom. The summed E-state index contributed by atoms with van der Waals surface area (Å²) in [4.78, 5) is 34.6. The smallest absolute Gasteiger partial charge is 0.407 e. The minimum atomic E-state index is -0.562. The van der Waals surface area contributed by atoms with E-state index in [1.807, 2.05) is 0 Å². The second-order valence-corrected chi connectivity index (χ2v) is 6.32. The van der Waals surface area contributed by atoms with Crippen LogP contribution in [0.4, 0.5) is 4.79 Å². The van der Waals surface area contributed by atoms with Crippen molar-refractivity contribution in [1.82, 2.24) is 16.0 Å². The third-order valence-electron chi connectivity index (χ3n) is 2.99. The molecule has 8 heteroatoms. The topological polar surface area (TPSA) is 106 Å². The van der Waals surface area contributed by atoms with E-state index in [9.17, 15) is 14.4 Å². The number of ether oxygens (including phenoxy) is 2. The van der Waals surface area contributed by atoms with Gasteiger partial charge in [-0.05, 0) is 33.6 Å². The van der Waals surface area contributed by atoms with Crippen LogP contribution in [-0.4, -0.2) is 55.9 Å². The molecule has 0 aromatic heterocycles. The van der Waals surface area contributed by atoms with Crippen molar-refractivity contribution in [3.63, 3.8) is 0 Å². The normalized spacial score (nSPS) is 17.4. The van der Waals surface area contributed by atoms with Gasteiger partial charge in [0.1, 0.15) is 11.7 Å². The molecule has 0 aromatic carbocycles. The van der Waals surface area contributed by atoms with Crippen molar-refractivity contribution in [3.05, 3.63) is 0 Å². The first-order valence-corrected chi connectivity index (χ1v) is 7.91. The van der Waals surface area contributed by atoms with Gasteiger partial charge in [-0.1, -0.05) is 0 Å². The molecule has 1 atom stereocenters. The highest BCUT2D eigenvalue weighted by Gasteiger charge is 2.22. The van der Waals surface area contributed by atoms with Crippen LogP contribution in [0.5, 0.6) is 0 Å². The van der Waals surface area contributed by atoms with Crippen LogP contribution in [0, 0.1) is 0 Å². The molecule has 1 heterocycles. The Balaban J connectivity index is 2.01. The summed E-state index contributed by atoms with van der Waals surface area (Å²) in [5.74, 6) is -0.337. The Bertz CT molecular complexity index is 414. The number of hydrogen-bond acceptors (Lipinski definition) is 5. The fraction of sp³-hybridized carbons (Fsp3) is 0.800. The van der Waals surface area contributed by atoms with Gasteiger partial charge < -0.3 is 25.4 Å². The predicted octanol–water partition coefficient (Wildman–Crippen LogP) is 0.313. The highest BCUT2D eigenvalue weighted by molar-refractivity contribution is 5.81. The first-order valence-electron chi connectivity index (χ1n) is 7.91. The van der Waals surface area contributed by atoms with Crippen molar-refractivity contribution in [1.29, 1.82) is 0 Å². The number of alkyl carbamates (subject to hydrolysis) is 1. The van der Waals surface area contributed by atoms with Crippen molar-refractivity contribution in [2.75, 3.05) is 26.2 Å². The summed E-state index contributed by atoms with van der Waals surface area (Å²) in [6.07, 6.45) is 0.894. The maximum Gasteiger partial charge on any atom is 0.407 e. The van der Waals surface area contributed by atoms with E-state index in [1.54, 1.807) is 20.8 Å². The number of carbonyl (C=O) groups is 3. The Labute approximate surface area is 136 Å². The SMILES string of the molecule is CC(C)(C)OC(=O)NCCC(=O)NCCNC(=O)C1CCCO1. The van der Waals surface area contributed by atoms with Gasteiger partial charge in [0.25, 0.3) is 0 Å². The summed E-state index contributed by atoms with van der Waals surface area (Å²) < 4.78 is 10.3. The zero-order valence-corrected chi connectivity index (χ0v) is 14.1. The van der Waals surface area contributed by atoms with Crippen LogP contribution in [0.25, 0.3) is 0 Å². The lowest BCUT2D eigenvalue weighted by molar-refractivity contribution is -0.130. The Hall–Kier alpha value is -1.83. The van der Waals surface area contributed by atoms with Crippen LogP contribution in [0.3, 0.4) is 0 Å². The van der Waals surface area contributed by atoms with Crippen molar-refractivity contribution in [2.45, 2.75) is 51.7 Å². The first-order chi connectivity index (χ1) is 10.8. The molecule has 1 rings (SSSR count). The molecule has 132 valence electrons. The number of nitrogens with one attached hydrogen (secondary N) is 3. The number of carbonyl (C=O) groups excluding carboxylic acids is 3. The van der Waals surface area contributed by atoms with Gasteiger partial charge in [0.2, 0.25) is 11.8 Å². The molecule has 1 fully saturated rings. The molecular formula is C15H27N3O5. The van der Waals surface area contributed by atoms with Crippen molar-refractivity contribution >= 4 is 17.9 Å². The second kappa shape index (κ2) is 9.34. The lowest BCUT2D eigenvalue weighted by atomic mass is 10.2. The van der Waals surface area contributed by atoms with Crippen LogP contribution in [0.2, 0.25) is 0 Å². The monoisotopic (exact) mass is 329 g/mol. The van der Waals surface area contributed by atoms with E-state index in [4.69, 9.17) is 9.47 Å². The summed E-state index contributed by atoms with van der Waals surface area (Å²) in [7, 11) is 0. The van der Waals surface area contributed by atoms with E-state index >= 15 is 0 Å². The van der Waals surface area contributed by atoms with Gasteiger partial charge in [-0.2, -0.15) is 0 Å². The van der Waals surface area contributed by atoms with Crippen LogP contribution in [-0.2, 0) is 19.1 Å². The largest absolute Gasteiger partial charge is 0.444 e. The fourth-order valence-corrected chi connectivity index (χ4v) is 1.97. The van der Waals surface area contributed by atoms with Crippen molar-refractivity contribution in [3.8, 4) is 0 Å². The second-order valence-electron chi connectivity index (χ2n) is 6.32. The van der Waals surface area contributed by atoms with E-state index < -0.39 is 11.7 Å². The van der Waals surface area contributed by atoms with Crippen LogP contribution >= 0.6 is 0 Å². The number of hydrogen-bond donors (Lipinski definition) is 3. The van der Waals surface area contributed by atoms with Gasteiger partial charge in [-0.3, -0.25) is 9.59 Å². The zero-order chi connectivity index (χ0) is 17.3. The summed E-state index contributed by atoms with van der Waals surface area (Å²) >= 11 is 0. The number of rotatable bonds is 7. The summed E-state index contributed by atoms with van der Waals surface area (Å²) in [6, 6.07) is 0. The van der Waals surface area contributed by atoms with E-state index in [1.165, 1.54) is 0 Å². The molecule has 0 radical (unpaired) electrons. The van der Waals surface area contributed by atoms with Crippen LogP contribution in [0.1, 0.15) is 40.0 Å². The summed E-state index contributed by atoms with van der Waals surface area (Å²) in [6.45, 7) is 6.81. The lowest BCUT2D eigenvalue weighted by Crippen LogP contribution is -2.40. The van der Waals surface area contributed by atoms with E-state index in [0.717, 1.165) is 12.8 Å². The Morgan fingerprint density at radius 2 is 1.78 bits per heavy atom. The fourth-order valence-electron chi connectivity index (χ4n) is 1.97. The van der Waals surface area contributed by atoms with Gasteiger partial charge in [-0.15, -0.1) is 0 Å². The average molecular weight is 329 g/mol. The van der Waals surface area contributed by atoms with E-state index in [2.05, 4.69) is 16.0 Å². The van der Waals surface area contributed by atoms with E-state index in [0.29, 0.717) is 19.7 Å². The van der Waals surface area contributed by atoms with E-state index in [-0.39, 0.29) is 30.9 Å². The molecular weight excluding hydrogens is 302 g/mol. The molecule has 3 N–H and O–H groups in total.